The number of hydrogen-bond acceptors (Lipinski definition) is 4. The van der Waals surface area contributed by atoms with Gasteiger partial charge in [-0.1, -0.05) is 18.2 Å². The molecular weight excluding hydrogens is 278 g/mol. The van der Waals surface area contributed by atoms with Crippen molar-refractivity contribution in [2.75, 3.05) is 20.6 Å². The first-order valence-electron chi connectivity index (χ1n) is 11.0. The van der Waals surface area contributed by atoms with Crippen molar-refractivity contribution in [3.05, 3.63) is 35.4 Å². The Kier molecular flexibility index (Phi) is 1.45. The number of rotatable bonds is 1. The van der Waals surface area contributed by atoms with Gasteiger partial charge in [-0.05, 0) is 38.0 Å². The van der Waals surface area contributed by atoms with Crippen LogP contribution < -0.4 is 9.47 Å². The van der Waals surface area contributed by atoms with E-state index in [1.54, 1.807) is 6.08 Å². The van der Waals surface area contributed by atoms with E-state index in [0.29, 0.717) is 11.1 Å². The molecule has 0 aromatic heterocycles. The SMILES string of the molecule is [2H]c1c([2H])c(OC)c2c3c1C[C@]1([2H])[C@@H]4C=CC([2H])(O)C(O2)[C@]34CCN1C([2H])([2H])[2H]. The molecule has 4 heteroatoms. The van der Waals surface area contributed by atoms with Crippen molar-refractivity contribution in [2.24, 2.45) is 5.92 Å². The molecular formula is C18H21NO3. The predicted octanol–water partition coefficient (Wildman–Crippen LogP) is 1.50. The molecule has 2 heterocycles. The van der Waals surface area contributed by atoms with E-state index in [9.17, 15) is 6.48 Å². The smallest absolute Gasteiger partial charge is 0.165 e. The third kappa shape index (κ3) is 1.28. The van der Waals surface area contributed by atoms with Gasteiger partial charge < -0.3 is 19.5 Å². The highest BCUT2D eigenvalue weighted by Gasteiger charge is 2.64. The van der Waals surface area contributed by atoms with Crippen LogP contribution in [0.5, 0.6) is 11.5 Å². The molecule has 2 aliphatic carbocycles. The second kappa shape index (κ2) is 4.06. The fraction of sp³-hybridized carbons (Fsp3) is 0.556. The van der Waals surface area contributed by atoms with Gasteiger partial charge in [-0.3, -0.25) is 0 Å². The van der Waals surface area contributed by atoms with Gasteiger partial charge >= 0.3 is 0 Å². The van der Waals surface area contributed by atoms with Crippen LogP contribution in [0.3, 0.4) is 0 Å². The van der Waals surface area contributed by atoms with Gasteiger partial charge in [-0.15, -0.1) is 0 Å². The van der Waals surface area contributed by atoms with Crippen molar-refractivity contribution in [1.29, 1.82) is 0 Å². The van der Waals surface area contributed by atoms with E-state index in [2.05, 4.69) is 0 Å². The van der Waals surface area contributed by atoms with Crippen molar-refractivity contribution < 1.29 is 24.2 Å². The van der Waals surface area contributed by atoms with Crippen LogP contribution >= 0.6 is 0 Å². The van der Waals surface area contributed by atoms with Crippen LogP contribution in [-0.4, -0.2) is 48.8 Å². The number of aliphatic hydroxyl groups is 1. The van der Waals surface area contributed by atoms with Gasteiger partial charge in [0.05, 0.1) is 11.2 Å². The maximum Gasteiger partial charge on any atom is 0.165 e. The quantitative estimate of drug-likeness (QED) is 0.799. The van der Waals surface area contributed by atoms with E-state index in [1.165, 1.54) is 18.1 Å². The number of nitrogens with zero attached hydrogens (tertiary/aromatic N) is 1. The van der Waals surface area contributed by atoms with E-state index in [-0.39, 0.29) is 43.0 Å². The van der Waals surface area contributed by atoms with Gasteiger partial charge in [0.2, 0.25) is 0 Å². The Balaban J connectivity index is 1.88. The zero-order valence-electron chi connectivity index (χ0n) is 19.1. The largest absolute Gasteiger partial charge is 0.493 e. The molecule has 4 aliphatic rings. The molecule has 0 saturated carbocycles. The first kappa shape index (κ1) is 7.84. The van der Waals surface area contributed by atoms with Crippen LogP contribution in [0.15, 0.2) is 24.2 Å². The minimum Gasteiger partial charge on any atom is -0.493 e. The van der Waals surface area contributed by atoms with Crippen molar-refractivity contribution in [2.45, 2.75) is 36.5 Å². The summed E-state index contributed by atoms with van der Waals surface area (Å²) in [6.07, 6.45) is -0.168. The number of benzene rings is 1. The number of likely N-dealkylation sites (N-methyl/N-ethyl adjacent to an activating group) is 1. The summed E-state index contributed by atoms with van der Waals surface area (Å²) >= 11 is 0. The highest BCUT2D eigenvalue weighted by atomic mass is 16.5. The molecule has 2 bridgehead atoms. The normalized spacial score (nSPS) is 52.9. The Morgan fingerprint density at radius 3 is 3.27 bits per heavy atom. The third-order valence-corrected chi connectivity index (χ3v) is 5.53. The Hall–Kier alpha value is -1.52. The fourth-order valence-electron chi connectivity index (χ4n) is 4.65. The molecule has 1 saturated heterocycles. The van der Waals surface area contributed by atoms with Crippen LogP contribution in [0.1, 0.15) is 27.1 Å². The van der Waals surface area contributed by atoms with E-state index < -0.39 is 36.5 Å². The molecule has 4 nitrogen and oxygen atoms in total. The summed E-state index contributed by atoms with van der Waals surface area (Å²) in [7, 11) is 1.37. The molecule has 1 spiro atoms. The molecule has 1 fully saturated rings. The predicted molar refractivity (Wildman–Crippen MR) is 82.5 cm³/mol. The number of hydrogen-bond donors (Lipinski definition) is 1. The monoisotopic (exact) mass is 306 g/mol. The van der Waals surface area contributed by atoms with Crippen LogP contribution in [0.4, 0.5) is 0 Å². The number of ether oxygens (including phenoxy) is 2. The van der Waals surface area contributed by atoms with E-state index in [4.69, 9.17) is 17.7 Å². The average Bonchev–Trinajstić information content (AvgIpc) is 2.93. The highest BCUT2D eigenvalue weighted by Crippen LogP contribution is 2.62. The molecule has 2 aliphatic heterocycles. The summed E-state index contributed by atoms with van der Waals surface area (Å²) in [5.74, 6) is -0.352. The van der Waals surface area contributed by atoms with Crippen molar-refractivity contribution in [3.8, 4) is 11.5 Å². The van der Waals surface area contributed by atoms with Gasteiger partial charge in [-0.25, -0.2) is 0 Å². The lowest BCUT2D eigenvalue weighted by Gasteiger charge is -2.56. The second-order valence-electron chi connectivity index (χ2n) is 6.34. The number of piperidine rings is 1. The topological polar surface area (TPSA) is 41.9 Å². The Labute approximate surface area is 140 Å². The molecule has 1 aromatic carbocycles. The van der Waals surface area contributed by atoms with Crippen LogP contribution in [-0.2, 0) is 11.8 Å². The minimum absolute atomic E-state index is 0.0638. The van der Waals surface area contributed by atoms with Crippen LogP contribution in [0, 0.1) is 5.92 Å². The lowest BCUT2D eigenvalue weighted by Crippen LogP contribution is -2.64. The lowest BCUT2D eigenvalue weighted by molar-refractivity contribution is -0.0453. The fourth-order valence-corrected chi connectivity index (χ4v) is 4.65. The number of methoxy groups -OCH3 is 1. The molecule has 1 N–H and O–H groups in total. The Morgan fingerprint density at radius 2 is 2.45 bits per heavy atom. The van der Waals surface area contributed by atoms with Gasteiger partial charge in [0, 0.05) is 28.4 Å². The van der Waals surface area contributed by atoms with Crippen LogP contribution in [0.2, 0.25) is 0 Å². The molecule has 2 unspecified atom stereocenters. The molecule has 5 rings (SSSR count). The molecule has 0 radical (unpaired) electrons. The van der Waals surface area contributed by atoms with Crippen molar-refractivity contribution in [1.82, 2.24) is 4.90 Å². The highest BCUT2D eigenvalue weighted by molar-refractivity contribution is 5.62. The van der Waals surface area contributed by atoms with E-state index in [1.807, 2.05) is 0 Å². The standard InChI is InChI=1S/C18H21NO3/c1-19-8-7-18-11-4-5-13(20)17(18)22-16-14(21-2)6-3-10(15(16)18)9-12(11)19/h3-6,11-13,17,20H,7-9H2,1-2H3/t11-,12+,13?,17?,18-/m0/s1/i1D3,3D,6D,12D,13D. The van der Waals surface area contributed by atoms with Gasteiger partial charge in [0.15, 0.2) is 11.5 Å². The van der Waals surface area contributed by atoms with Gasteiger partial charge in [-0.2, -0.15) is 0 Å². The Morgan fingerprint density at radius 1 is 1.55 bits per heavy atom. The van der Waals surface area contributed by atoms with Gasteiger partial charge in [0.1, 0.15) is 12.2 Å². The lowest BCUT2D eigenvalue weighted by atomic mass is 9.53. The van der Waals surface area contributed by atoms with Gasteiger partial charge in [0.25, 0.3) is 0 Å². The summed E-state index contributed by atoms with van der Waals surface area (Å²) in [6, 6.07) is -1.96. The summed E-state index contributed by atoms with van der Waals surface area (Å²) in [5.41, 5.74) is -0.0675. The van der Waals surface area contributed by atoms with E-state index in [0.717, 1.165) is 0 Å². The maximum absolute atomic E-state index is 10.8. The zero-order valence-corrected chi connectivity index (χ0v) is 12.1. The van der Waals surface area contributed by atoms with Crippen molar-refractivity contribution in [3.63, 3.8) is 0 Å². The first-order valence-corrected chi connectivity index (χ1v) is 7.46. The minimum atomic E-state index is -2.51. The molecule has 1 aromatic rings. The summed E-state index contributed by atoms with van der Waals surface area (Å²) in [5, 5.41) is 10.8. The first-order chi connectivity index (χ1) is 13.4. The summed E-state index contributed by atoms with van der Waals surface area (Å²) < 4.78 is 69.8. The summed E-state index contributed by atoms with van der Waals surface area (Å²) in [4.78, 5) is 1.17. The van der Waals surface area contributed by atoms with Crippen LogP contribution in [0.25, 0.3) is 0 Å². The van der Waals surface area contributed by atoms with Crippen molar-refractivity contribution >= 4 is 0 Å². The zero-order chi connectivity index (χ0) is 21.1. The third-order valence-electron chi connectivity index (χ3n) is 5.53. The second-order valence-corrected chi connectivity index (χ2v) is 6.34. The summed E-state index contributed by atoms with van der Waals surface area (Å²) in [6.45, 7) is -2.45. The number of likely N-dealkylation sites (tertiary alicyclic amines) is 1. The molecule has 22 heavy (non-hydrogen) atoms. The molecule has 5 atom stereocenters. The van der Waals surface area contributed by atoms with E-state index >= 15 is 0 Å². The maximum atomic E-state index is 10.8. The average molecular weight is 306 g/mol. The molecule has 116 valence electrons. The molecule has 0 amide bonds. The Bertz CT molecular complexity index is 962.